The average Bonchev–Trinajstić information content (AvgIpc) is 3.02. The second-order valence-electron chi connectivity index (χ2n) is 5.82. The van der Waals surface area contributed by atoms with E-state index in [9.17, 15) is 4.79 Å². The Morgan fingerprint density at radius 2 is 1.81 bits per heavy atom. The SMILES string of the molecule is Cc1cc(C)cc(OCc2nnc(NC(=O)Nc3ccc(Cl)cc3Cl)s2)c1. The predicted molar refractivity (Wildman–Crippen MR) is 109 cm³/mol. The summed E-state index contributed by atoms with van der Waals surface area (Å²) in [5, 5.41) is 15.1. The average molecular weight is 423 g/mol. The van der Waals surface area contributed by atoms with Crippen molar-refractivity contribution in [3.05, 3.63) is 62.6 Å². The number of rotatable bonds is 5. The van der Waals surface area contributed by atoms with Gasteiger partial charge in [0.2, 0.25) is 5.13 Å². The molecule has 3 rings (SSSR count). The number of nitrogens with one attached hydrogen (secondary N) is 2. The Morgan fingerprint density at radius 3 is 2.52 bits per heavy atom. The second-order valence-corrected chi connectivity index (χ2v) is 7.72. The zero-order valence-corrected chi connectivity index (χ0v) is 16.9. The van der Waals surface area contributed by atoms with E-state index < -0.39 is 6.03 Å². The fraction of sp³-hybridized carbons (Fsp3) is 0.167. The number of ether oxygens (including phenoxy) is 1. The van der Waals surface area contributed by atoms with Crippen LogP contribution < -0.4 is 15.4 Å². The quantitative estimate of drug-likeness (QED) is 0.553. The third-order valence-electron chi connectivity index (χ3n) is 3.42. The molecule has 1 heterocycles. The minimum Gasteiger partial charge on any atom is -0.486 e. The van der Waals surface area contributed by atoms with Gasteiger partial charge >= 0.3 is 6.03 Å². The van der Waals surface area contributed by atoms with Gasteiger partial charge in [-0.15, -0.1) is 10.2 Å². The molecule has 2 N–H and O–H groups in total. The number of carbonyl (C=O) groups is 1. The molecule has 140 valence electrons. The molecule has 0 fully saturated rings. The summed E-state index contributed by atoms with van der Waals surface area (Å²) in [5.74, 6) is 0.771. The van der Waals surface area contributed by atoms with E-state index in [0.717, 1.165) is 16.9 Å². The molecule has 0 aliphatic heterocycles. The normalized spacial score (nSPS) is 10.5. The van der Waals surface area contributed by atoms with Gasteiger partial charge in [0.25, 0.3) is 0 Å². The Morgan fingerprint density at radius 1 is 1.07 bits per heavy atom. The van der Waals surface area contributed by atoms with E-state index >= 15 is 0 Å². The molecule has 6 nitrogen and oxygen atoms in total. The fourth-order valence-corrected chi connectivity index (χ4v) is 3.47. The van der Waals surface area contributed by atoms with Crippen molar-refractivity contribution in [2.75, 3.05) is 10.6 Å². The summed E-state index contributed by atoms with van der Waals surface area (Å²) in [6, 6.07) is 10.3. The van der Waals surface area contributed by atoms with Crippen LogP contribution in [0.5, 0.6) is 5.75 Å². The highest BCUT2D eigenvalue weighted by Crippen LogP contribution is 2.26. The Bertz CT molecular complexity index is 957. The molecular formula is C18H16Cl2N4O2S. The minimum atomic E-state index is -0.475. The van der Waals surface area contributed by atoms with Crippen molar-refractivity contribution < 1.29 is 9.53 Å². The van der Waals surface area contributed by atoms with E-state index in [-0.39, 0.29) is 6.61 Å². The van der Waals surface area contributed by atoms with Gasteiger partial charge in [0, 0.05) is 5.02 Å². The van der Waals surface area contributed by atoms with Crippen molar-refractivity contribution in [1.29, 1.82) is 0 Å². The fourth-order valence-electron chi connectivity index (χ4n) is 2.37. The van der Waals surface area contributed by atoms with Gasteiger partial charge in [-0.3, -0.25) is 5.32 Å². The lowest BCUT2D eigenvalue weighted by Crippen LogP contribution is -2.19. The van der Waals surface area contributed by atoms with Crippen LogP contribution in [0.1, 0.15) is 16.1 Å². The van der Waals surface area contributed by atoms with Crippen LogP contribution in [0.4, 0.5) is 15.6 Å². The van der Waals surface area contributed by atoms with Gasteiger partial charge in [-0.25, -0.2) is 4.79 Å². The number of carbonyl (C=O) groups excluding carboxylic acids is 1. The van der Waals surface area contributed by atoms with Gasteiger partial charge in [0.1, 0.15) is 12.4 Å². The molecule has 0 unspecified atom stereocenters. The Labute approximate surface area is 170 Å². The lowest BCUT2D eigenvalue weighted by atomic mass is 10.1. The molecule has 0 saturated heterocycles. The number of aryl methyl sites for hydroxylation is 2. The van der Waals surface area contributed by atoms with Crippen molar-refractivity contribution >= 4 is 51.4 Å². The Balaban J connectivity index is 1.56. The van der Waals surface area contributed by atoms with Crippen molar-refractivity contribution in [3.63, 3.8) is 0 Å². The van der Waals surface area contributed by atoms with E-state index in [0.29, 0.717) is 25.9 Å². The summed E-state index contributed by atoms with van der Waals surface area (Å²) in [6.07, 6.45) is 0. The van der Waals surface area contributed by atoms with Gasteiger partial charge in [-0.05, 0) is 55.3 Å². The van der Waals surface area contributed by atoms with E-state index in [1.165, 1.54) is 11.3 Å². The third kappa shape index (κ3) is 5.56. The van der Waals surface area contributed by atoms with E-state index in [2.05, 4.69) is 26.9 Å². The highest BCUT2D eigenvalue weighted by atomic mass is 35.5. The van der Waals surface area contributed by atoms with Gasteiger partial charge in [-0.2, -0.15) is 0 Å². The number of benzene rings is 2. The van der Waals surface area contributed by atoms with Gasteiger partial charge in [0.05, 0.1) is 10.7 Å². The van der Waals surface area contributed by atoms with Crippen LogP contribution in [0.15, 0.2) is 36.4 Å². The predicted octanol–water partition coefficient (Wildman–Crippen LogP) is 5.68. The van der Waals surface area contributed by atoms with Crippen LogP contribution in [-0.2, 0) is 6.61 Å². The number of aromatic nitrogens is 2. The van der Waals surface area contributed by atoms with Crippen LogP contribution >= 0.6 is 34.5 Å². The summed E-state index contributed by atoms with van der Waals surface area (Å²) in [6.45, 7) is 4.30. The molecule has 2 aromatic carbocycles. The number of anilines is 2. The molecule has 2 amide bonds. The zero-order valence-electron chi connectivity index (χ0n) is 14.5. The topological polar surface area (TPSA) is 76.1 Å². The standard InChI is InChI=1S/C18H16Cl2N4O2S/c1-10-5-11(2)7-13(6-10)26-9-16-23-24-18(27-16)22-17(25)21-15-4-3-12(19)8-14(15)20/h3-8H,9H2,1-2H3,(H2,21,22,24,25). The molecule has 0 bridgehead atoms. The first kappa shape index (κ1) is 19.4. The molecule has 9 heteroatoms. The molecule has 27 heavy (non-hydrogen) atoms. The molecule has 3 aromatic rings. The number of amides is 2. The van der Waals surface area contributed by atoms with E-state index in [4.69, 9.17) is 27.9 Å². The van der Waals surface area contributed by atoms with Crippen molar-refractivity contribution in [2.45, 2.75) is 20.5 Å². The largest absolute Gasteiger partial charge is 0.486 e. The number of halogens is 2. The maximum Gasteiger partial charge on any atom is 0.325 e. The summed E-state index contributed by atoms with van der Waals surface area (Å²) in [7, 11) is 0. The van der Waals surface area contributed by atoms with Crippen molar-refractivity contribution in [2.24, 2.45) is 0 Å². The first-order valence-electron chi connectivity index (χ1n) is 7.95. The van der Waals surface area contributed by atoms with Gasteiger partial charge in [0.15, 0.2) is 5.01 Å². The number of urea groups is 1. The van der Waals surface area contributed by atoms with Crippen molar-refractivity contribution in [1.82, 2.24) is 10.2 Å². The number of hydrogen-bond acceptors (Lipinski definition) is 5. The van der Waals surface area contributed by atoms with Gasteiger partial charge in [-0.1, -0.05) is 40.6 Å². The molecule has 0 saturated carbocycles. The third-order valence-corrected chi connectivity index (χ3v) is 4.78. The molecule has 0 atom stereocenters. The summed E-state index contributed by atoms with van der Waals surface area (Å²) in [4.78, 5) is 12.1. The highest BCUT2D eigenvalue weighted by molar-refractivity contribution is 7.15. The Hall–Kier alpha value is -2.35. The van der Waals surface area contributed by atoms with Crippen LogP contribution in [0.25, 0.3) is 0 Å². The van der Waals surface area contributed by atoms with Crippen molar-refractivity contribution in [3.8, 4) is 5.75 Å². The first-order valence-corrected chi connectivity index (χ1v) is 9.53. The molecule has 0 aliphatic carbocycles. The lowest BCUT2D eigenvalue weighted by molar-refractivity contribution is 0.262. The summed E-state index contributed by atoms with van der Waals surface area (Å²) < 4.78 is 5.74. The summed E-state index contributed by atoms with van der Waals surface area (Å²) >= 11 is 13.1. The molecule has 0 radical (unpaired) electrons. The highest BCUT2D eigenvalue weighted by Gasteiger charge is 2.11. The second kappa shape index (κ2) is 8.56. The first-order chi connectivity index (χ1) is 12.9. The number of nitrogens with zero attached hydrogens (tertiary/aromatic N) is 2. The van der Waals surface area contributed by atoms with Gasteiger partial charge < -0.3 is 10.1 Å². The maximum absolute atomic E-state index is 12.1. The smallest absolute Gasteiger partial charge is 0.325 e. The summed E-state index contributed by atoms with van der Waals surface area (Å²) in [5.41, 5.74) is 2.70. The van der Waals surface area contributed by atoms with E-state index in [1.807, 2.05) is 26.0 Å². The van der Waals surface area contributed by atoms with Crippen LogP contribution in [0.2, 0.25) is 10.0 Å². The zero-order chi connectivity index (χ0) is 19.4. The monoisotopic (exact) mass is 422 g/mol. The minimum absolute atomic E-state index is 0.271. The van der Waals surface area contributed by atoms with E-state index in [1.54, 1.807) is 18.2 Å². The van der Waals surface area contributed by atoms with Crippen LogP contribution in [0.3, 0.4) is 0 Å². The molecule has 0 aliphatic rings. The number of hydrogen-bond donors (Lipinski definition) is 2. The molecule has 0 spiro atoms. The molecular weight excluding hydrogens is 407 g/mol. The van der Waals surface area contributed by atoms with Crippen LogP contribution in [-0.4, -0.2) is 16.2 Å². The lowest BCUT2D eigenvalue weighted by Gasteiger charge is -2.07. The maximum atomic E-state index is 12.1. The molecule has 1 aromatic heterocycles. The Kier molecular flexibility index (Phi) is 6.15. The van der Waals surface area contributed by atoms with Crippen LogP contribution in [0, 0.1) is 13.8 Å².